The molecular formula is C18H23N3O3. The number of carbonyl (C=O) groups excluding carboxylic acids is 1. The van der Waals surface area contributed by atoms with Gasteiger partial charge in [-0.3, -0.25) is 14.2 Å². The van der Waals surface area contributed by atoms with Gasteiger partial charge in [0.1, 0.15) is 6.54 Å². The number of carbonyl (C=O) groups is 1. The summed E-state index contributed by atoms with van der Waals surface area (Å²) in [4.78, 5) is 29.1. The third-order valence-electron chi connectivity index (χ3n) is 4.84. The van der Waals surface area contributed by atoms with Gasteiger partial charge in [0.25, 0.3) is 5.56 Å². The highest BCUT2D eigenvalue weighted by molar-refractivity contribution is 5.81. The van der Waals surface area contributed by atoms with Crippen LogP contribution in [0.3, 0.4) is 0 Å². The first kappa shape index (κ1) is 16.6. The number of aromatic nitrogens is 2. The highest BCUT2D eigenvalue weighted by Gasteiger charge is 2.22. The van der Waals surface area contributed by atoms with Crippen molar-refractivity contribution in [2.24, 2.45) is 5.92 Å². The van der Waals surface area contributed by atoms with E-state index in [0.717, 1.165) is 31.2 Å². The molecule has 0 aliphatic heterocycles. The van der Waals surface area contributed by atoms with Crippen molar-refractivity contribution in [2.45, 2.75) is 45.2 Å². The van der Waals surface area contributed by atoms with Gasteiger partial charge in [-0.05, 0) is 50.2 Å². The van der Waals surface area contributed by atoms with Crippen molar-refractivity contribution in [3.8, 4) is 0 Å². The fourth-order valence-electron chi connectivity index (χ4n) is 3.37. The molecule has 6 nitrogen and oxygen atoms in total. The minimum Gasteiger partial charge on any atom is -0.396 e. The molecule has 128 valence electrons. The van der Waals surface area contributed by atoms with Crippen molar-refractivity contribution in [3.63, 3.8) is 0 Å². The monoisotopic (exact) mass is 329 g/mol. The van der Waals surface area contributed by atoms with Crippen molar-refractivity contribution in [1.29, 1.82) is 0 Å². The van der Waals surface area contributed by atoms with E-state index in [9.17, 15) is 9.59 Å². The van der Waals surface area contributed by atoms with Crippen LogP contribution in [-0.2, 0) is 11.3 Å². The maximum absolute atomic E-state index is 12.5. The molecule has 2 aromatic rings. The minimum atomic E-state index is -0.192. The van der Waals surface area contributed by atoms with Crippen LogP contribution in [0.4, 0.5) is 0 Å². The molecule has 1 amide bonds. The summed E-state index contributed by atoms with van der Waals surface area (Å²) in [5.41, 5.74) is 1.44. The van der Waals surface area contributed by atoms with Gasteiger partial charge in [0, 0.05) is 12.6 Å². The first-order valence-corrected chi connectivity index (χ1v) is 8.43. The maximum atomic E-state index is 12.5. The Morgan fingerprint density at radius 2 is 2.08 bits per heavy atom. The molecule has 1 saturated carbocycles. The molecule has 1 aliphatic rings. The summed E-state index contributed by atoms with van der Waals surface area (Å²) in [5.74, 6) is 0.187. The quantitative estimate of drug-likeness (QED) is 0.887. The smallest absolute Gasteiger partial charge is 0.261 e. The number of amides is 1. The first-order valence-electron chi connectivity index (χ1n) is 8.43. The maximum Gasteiger partial charge on any atom is 0.261 e. The Balaban J connectivity index is 1.68. The third-order valence-corrected chi connectivity index (χ3v) is 4.84. The molecule has 1 fully saturated rings. The number of aliphatic hydroxyl groups excluding tert-OH is 1. The fourth-order valence-corrected chi connectivity index (χ4v) is 3.37. The van der Waals surface area contributed by atoms with Crippen LogP contribution in [0, 0.1) is 12.8 Å². The summed E-state index contributed by atoms with van der Waals surface area (Å²) >= 11 is 0. The van der Waals surface area contributed by atoms with Gasteiger partial charge in [-0.25, -0.2) is 4.98 Å². The number of hydrogen-bond acceptors (Lipinski definition) is 4. The van der Waals surface area contributed by atoms with E-state index in [-0.39, 0.29) is 30.7 Å². The van der Waals surface area contributed by atoms with Gasteiger partial charge in [-0.15, -0.1) is 0 Å². The lowest BCUT2D eigenvalue weighted by Gasteiger charge is -2.28. The van der Waals surface area contributed by atoms with Gasteiger partial charge in [0.2, 0.25) is 5.91 Å². The highest BCUT2D eigenvalue weighted by Crippen LogP contribution is 2.23. The summed E-state index contributed by atoms with van der Waals surface area (Å²) in [5, 5.41) is 12.7. The molecule has 1 aromatic carbocycles. The highest BCUT2D eigenvalue weighted by atomic mass is 16.3. The summed E-state index contributed by atoms with van der Waals surface area (Å²) < 4.78 is 1.36. The molecule has 0 saturated heterocycles. The lowest BCUT2D eigenvalue weighted by atomic mass is 9.86. The lowest BCUT2D eigenvalue weighted by molar-refractivity contribution is -0.122. The molecule has 1 aliphatic carbocycles. The average Bonchev–Trinajstić information content (AvgIpc) is 2.58. The van der Waals surface area contributed by atoms with Gasteiger partial charge >= 0.3 is 0 Å². The number of nitrogens with zero attached hydrogens (tertiary/aromatic N) is 2. The number of nitrogens with one attached hydrogen (secondary N) is 1. The Morgan fingerprint density at radius 3 is 2.79 bits per heavy atom. The SMILES string of the molecule is Cc1cccc2c(=O)n(CC(=O)NC3CCC(CO)CC3)cnc12. The van der Waals surface area contributed by atoms with Crippen LogP contribution >= 0.6 is 0 Å². The molecule has 0 bridgehead atoms. The van der Waals surface area contributed by atoms with E-state index in [1.165, 1.54) is 10.9 Å². The van der Waals surface area contributed by atoms with Crippen molar-refractivity contribution < 1.29 is 9.90 Å². The molecular weight excluding hydrogens is 306 g/mol. The summed E-state index contributed by atoms with van der Waals surface area (Å²) in [6, 6.07) is 5.60. The van der Waals surface area contributed by atoms with Gasteiger partial charge in [-0.1, -0.05) is 12.1 Å². The Kier molecular flexibility index (Phi) is 4.94. The average molecular weight is 329 g/mol. The van der Waals surface area contributed by atoms with Crippen LogP contribution in [0.5, 0.6) is 0 Å². The van der Waals surface area contributed by atoms with Crippen LogP contribution in [0.15, 0.2) is 29.3 Å². The Morgan fingerprint density at radius 1 is 1.33 bits per heavy atom. The lowest BCUT2D eigenvalue weighted by Crippen LogP contribution is -2.41. The standard InChI is InChI=1S/C18H23N3O3/c1-12-3-2-4-15-17(12)19-11-21(18(15)24)9-16(23)20-14-7-5-13(10-22)6-8-14/h2-4,11,13-14,22H,5-10H2,1H3,(H,20,23). The van der Waals surface area contributed by atoms with Crippen LogP contribution in [0.1, 0.15) is 31.2 Å². The third kappa shape index (κ3) is 3.48. The van der Waals surface area contributed by atoms with E-state index in [1.54, 1.807) is 6.07 Å². The number of benzene rings is 1. The molecule has 1 aromatic heterocycles. The van der Waals surface area contributed by atoms with E-state index < -0.39 is 0 Å². The normalized spacial score (nSPS) is 20.9. The van der Waals surface area contributed by atoms with Crippen LogP contribution < -0.4 is 10.9 Å². The number of rotatable bonds is 4. The van der Waals surface area contributed by atoms with Crippen molar-refractivity contribution in [3.05, 3.63) is 40.4 Å². The largest absolute Gasteiger partial charge is 0.396 e. The summed E-state index contributed by atoms with van der Waals surface area (Å²) in [6.07, 6.45) is 5.05. The molecule has 3 rings (SSSR count). The van der Waals surface area contributed by atoms with Crippen LogP contribution in [-0.4, -0.2) is 33.2 Å². The van der Waals surface area contributed by atoms with Gasteiger partial charge in [0.05, 0.1) is 17.2 Å². The zero-order valence-corrected chi connectivity index (χ0v) is 13.9. The molecule has 1 heterocycles. The minimum absolute atomic E-state index is 0.0182. The summed E-state index contributed by atoms with van der Waals surface area (Å²) in [6.45, 7) is 2.11. The van der Waals surface area contributed by atoms with E-state index in [4.69, 9.17) is 5.11 Å². The van der Waals surface area contributed by atoms with Crippen molar-refractivity contribution in [1.82, 2.24) is 14.9 Å². The zero-order chi connectivity index (χ0) is 17.1. The first-order chi connectivity index (χ1) is 11.6. The topological polar surface area (TPSA) is 84.2 Å². The van der Waals surface area contributed by atoms with Gasteiger partial charge < -0.3 is 10.4 Å². The molecule has 0 spiro atoms. The second-order valence-corrected chi connectivity index (χ2v) is 6.62. The predicted octanol–water partition coefficient (Wildman–Crippen LogP) is 1.37. The van der Waals surface area contributed by atoms with E-state index in [1.807, 2.05) is 19.1 Å². The van der Waals surface area contributed by atoms with Gasteiger partial charge in [0.15, 0.2) is 0 Å². The van der Waals surface area contributed by atoms with E-state index in [0.29, 0.717) is 16.8 Å². The van der Waals surface area contributed by atoms with Crippen LogP contribution in [0.25, 0.3) is 10.9 Å². The van der Waals surface area contributed by atoms with E-state index in [2.05, 4.69) is 10.3 Å². The number of fused-ring (bicyclic) bond motifs is 1. The second kappa shape index (κ2) is 7.13. The van der Waals surface area contributed by atoms with Gasteiger partial charge in [-0.2, -0.15) is 0 Å². The Hall–Kier alpha value is -2.21. The molecule has 0 unspecified atom stereocenters. The number of hydrogen-bond donors (Lipinski definition) is 2. The molecule has 0 radical (unpaired) electrons. The molecule has 0 atom stereocenters. The second-order valence-electron chi connectivity index (χ2n) is 6.62. The zero-order valence-electron chi connectivity index (χ0n) is 13.9. The predicted molar refractivity (Wildman–Crippen MR) is 91.7 cm³/mol. The van der Waals surface area contributed by atoms with Crippen molar-refractivity contribution in [2.75, 3.05) is 6.61 Å². The molecule has 2 N–H and O–H groups in total. The molecule has 6 heteroatoms. The Bertz CT molecular complexity index is 792. The Labute approximate surface area is 140 Å². The number of aliphatic hydroxyl groups is 1. The van der Waals surface area contributed by atoms with Crippen LogP contribution in [0.2, 0.25) is 0 Å². The summed E-state index contributed by atoms with van der Waals surface area (Å²) in [7, 11) is 0. The number of aryl methyl sites for hydroxylation is 1. The van der Waals surface area contributed by atoms with E-state index >= 15 is 0 Å². The molecule has 24 heavy (non-hydrogen) atoms. The van der Waals surface area contributed by atoms with Crippen molar-refractivity contribution >= 4 is 16.8 Å². The fraction of sp³-hybridized carbons (Fsp3) is 0.500. The number of para-hydroxylation sites is 1.